The molecule has 0 saturated carbocycles. The lowest BCUT2D eigenvalue weighted by Crippen LogP contribution is -2.48. The van der Waals surface area contributed by atoms with Crippen LogP contribution in [0.2, 0.25) is 0 Å². The van der Waals surface area contributed by atoms with Crippen molar-refractivity contribution in [1.82, 2.24) is 4.90 Å². The number of benzene rings is 2. The summed E-state index contributed by atoms with van der Waals surface area (Å²) in [6.07, 6.45) is 3.98. The highest BCUT2D eigenvalue weighted by atomic mass is 16.2. The largest absolute Gasteiger partial charge is 0.368 e. The maximum absolute atomic E-state index is 12.5. The third-order valence-corrected chi connectivity index (χ3v) is 5.74. The third-order valence-electron chi connectivity index (χ3n) is 5.74. The van der Waals surface area contributed by atoms with Crippen LogP contribution in [0.1, 0.15) is 40.7 Å². The zero-order valence-electron chi connectivity index (χ0n) is 15.7. The van der Waals surface area contributed by atoms with Crippen LogP contribution in [-0.4, -0.2) is 42.8 Å². The highest BCUT2D eigenvalue weighted by Gasteiger charge is 2.22. The van der Waals surface area contributed by atoms with Gasteiger partial charge in [-0.2, -0.15) is 0 Å². The maximum Gasteiger partial charge on any atom is 0.223 e. The Labute approximate surface area is 160 Å². The van der Waals surface area contributed by atoms with Crippen molar-refractivity contribution in [2.24, 2.45) is 0 Å². The Morgan fingerprint density at radius 2 is 1.56 bits per heavy atom. The van der Waals surface area contributed by atoms with Crippen LogP contribution in [0.4, 0.5) is 5.69 Å². The first-order chi connectivity index (χ1) is 13.2. The van der Waals surface area contributed by atoms with Crippen LogP contribution >= 0.6 is 0 Å². The van der Waals surface area contributed by atoms with E-state index in [9.17, 15) is 9.59 Å². The number of anilines is 1. The second-order valence-corrected chi connectivity index (χ2v) is 7.46. The van der Waals surface area contributed by atoms with E-state index < -0.39 is 0 Å². The molecule has 0 aromatic heterocycles. The summed E-state index contributed by atoms with van der Waals surface area (Å²) in [6.45, 7) is 3.13. The molecular formula is C23H26N2O2. The molecule has 140 valence electrons. The molecule has 0 bridgehead atoms. The van der Waals surface area contributed by atoms with Crippen LogP contribution in [0.15, 0.2) is 48.5 Å². The van der Waals surface area contributed by atoms with Gasteiger partial charge in [0.05, 0.1) is 0 Å². The Bertz CT molecular complexity index is 824. The van der Waals surface area contributed by atoms with Crippen molar-refractivity contribution in [3.8, 4) is 0 Å². The summed E-state index contributed by atoms with van der Waals surface area (Å²) in [5.74, 6) is 0.179. The molecule has 0 radical (unpaired) electrons. The van der Waals surface area contributed by atoms with E-state index in [1.807, 2.05) is 35.2 Å². The fourth-order valence-corrected chi connectivity index (χ4v) is 4.12. The number of Topliss-reactive ketones (excluding diaryl/α,β-unsaturated/α-hetero) is 1. The van der Waals surface area contributed by atoms with E-state index in [-0.39, 0.29) is 11.7 Å². The second-order valence-electron chi connectivity index (χ2n) is 7.46. The number of hydrogen-bond acceptors (Lipinski definition) is 3. The number of rotatable bonds is 5. The van der Waals surface area contributed by atoms with Gasteiger partial charge in [-0.15, -0.1) is 0 Å². The number of nitrogens with zero attached hydrogens (tertiary/aromatic N) is 2. The van der Waals surface area contributed by atoms with Gasteiger partial charge in [0, 0.05) is 50.3 Å². The van der Waals surface area contributed by atoms with Crippen molar-refractivity contribution in [2.75, 3.05) is 31.1 Å². The van der Waals surface area contributed by atoms with Gasteiger partial charge < -0.3 is 9.80 Å². The summed E-state index contributed by atoms with van der Waals surface area (Å²) in [5, 5.41) is 0. The van der Waals surface area contributed by atoms with Crippen molar-refractivity contribution < 1.29 is 9.59 Å². The van der Waals surface area contributed by atoms with Crippen molar-refractivity contribution in [2.45, 2.75) is 32.1 Å². The number of amides is 1. The molecule has 2 aliphatic rings. The minimum atomic E-state index is 0.0842. The molecule has 1 saturated heterocycles. The van der Waals surface area contributed by atoms with E-state index in [1.54, 1.807) is 0 Å². The Kier molecular flexibility index (Phi) is 5.23. The van der Waals surface area contributed by atoms with Crippen LogP contribution in [0.25, 0.3) is 0 Å². The van der Waals surface area contributed by atoms with Crippen molar-refractivity contribution in [3.63, 3.8) is 0 Å². The number of hydrogen-bond donors (Lipinski definition) is 0. The van der Waals surface area contributed by atoms with E-state index in [2.05, 4.69) is 23.1 Å². The number of fused-ring (bicyclic) bond motifs is 1. The van der Waals surface area contributed by atoms with Gasteiger partial charge in [0.25, 0.3) is 0 Å². The van der Waals surface area contributed by atoms with Crippen molar-refractivity contribution >= 4 is 17.4 Å². The quantitative estimate of drug-likeness (QED) is 0.765. The molecule has 0 N–H and O–H groups in total. The Morgan fingerprint density at radius 1 is 0.815 bits per heavy atom. The Morgan fingerprint density at radius 3 is 2.33 bits per heavy atom. The maximum atomic E-state index is 12.5. The van der Waals surface area contributed by atoms with Crippen LogP contribution in [0.3, 0.4) is 0 Å². The molecule has 1 heterocycles. The zero-order chi connectivity index (χ0) is 18.6. The first kappa shape index (κ1) is 17.8. The van der Waals surface area contributed by atoms with Gasteiger partial charge >= 0.3 is 0 Å². The summed E-state index contributed by atoms with van der Waals surface area (Å²) in [7, 11) is 0. The lowest BCUT2D eigenvalue weighted by molar-refractivity contribution is -0.131. The number of para-hydroxylation sites is 1. The summed E-state index contributed by atoms with van der Waals surface area (Å²) >= 11 is 0. The Hall–Kier alpha value is -2.62. The van der Waals surface area contributed by atoms with Crippen molar-refractivity contribution in [3.05, 3.63) is 65.2 Å². The molecule has 4 rings (SSSR count). The number of aryl methyl sites for hydroxylation is 2. The number of ketones is 1. The first-order valence-electron chi connectivity index (χ1n) is 9.93. The smallest absolute Gasteiger partial charge is 0.223 e. The molecule has 1 aliphatic heterocycles. The molecule has 4 nitrogen and oxygen atoms in total. The fourth-order valence-electron chi connectivity index (χ4n) is 4.12. The van der Waals surface area contributed by atoms with Gasteiger partial charge in [-0.05, 0) is 48.6 Å². The minimum Gasteiger partial charge on any atom is -0.368 e. The van der Waals surface area contributed by atoms with E-state index >= 15 is 0 Å². The third kappa shape index (κ3) is 4.05. The first-order valence-corrected chi connectivity index (χ1v) is 9.93. The van der Waals surface area contributed by atoms with E-state index in [0.717, 1.165) is 44.6 Å². The lowest BCUT2D eigenvalue weighted by Gasteiger charge is -2.36. The number of carbonyl (C=O) groups excluding carboxylic acids is 2. The van der Waals surface area contributed by atoms with Crippen LogP contribution in [-0.2, 0) is 17.6 Å². The highest BCUT2D eigenvalue weighted by molar-refractivity contribution is 5.98. The average molecular weight is 362 g/mol. The molecule has 4 heteroatoms. The van der Waals surface area contributed by atoms with E-state index in [0.29, 0.717) is 12.8 Å². The average Bonchev–Trinajstić information content (AvgIpc) is 3.20. The summed E-state index contributed by atoms with van der Waals surface area (Å²) in [6, 6.07) is 16.3. The van der Waals surface area contributed by atoms with Gasteiger partial charge in [-0.25, -0.2) is 0 Å². The standard InChI is InChI=1S/C23H26N2O2/c26-22(20-10-9-18-5-4-6-19(18)17-20)11-12-23(27)25-15-13-24(14-16-25)21-7-2-1-3-8-21/h1-3,7-10,17H,4-6,11-16H2. The normalized spacial score (nSPS) is 16.3. The molecule has 0 unspecified atom stereocenters. The Balaban J connectivity index is 1.27. The summed E-state index contributed by atoms with van der Waals surface area (Å²) < 4.78 is 0. The predicted molar refractivity (Wildman–Crippen MR) is 107 cm³/mol. The molecule has 1 fully saturated rings. The van der Waals surface area contributed by atoms with Gasteiger partial charge in [0.1, 0.15) is 0 Å². The molecular weight excluding hydrogens is 336 g/mol. The molecule has 2 aromatic carbocycles. The number of piperazine rings is 1. The van der Waals surface area contributed by atoms with Crippen molar-refractivity contribution in [1.29, 1.82) is 0 Å². The monoisotopic (exact) mass is 362 g/mol. The van der Waals surface area contributed by atoms with Gasteiger partial charge in [0.15, 0.2) is 5.78 Å². The topological polar surface area (TPSA) is 40.6 Å². The highest BCUT2D eigenvalue weighted by Crippen LogP contribution is 2.23. The van der Waals surface area contributed by atoms with Gasteiger partial charge in [-0.1, -0.05) is 30.3 Å². The zero-order valence-corrected chi connectivity index (χ0v) is 15.7. The molecule has 27 heavy (non-hydrogen) atoms. The molecule has 1 amide bonds. The van der Waals surface area contributed by atoms with Crippen LogP contribution in [0.5, 0.6) is 0 Å². The van der Waals surface area contributed by atoms with E-state index in [1.165, 1.54) is 23.2 Å². The van der Waals surface area contributed by atoms with Gasteiger partial charge in [-0.3, -0.25) is 9.59 Å². The van der Waals surface area contributed by atoms with Crippen LogP contribution < -0.4 is 4.90 Å². The van der Waals surface area contributed by atoms with E-state index in [4.69, 9.17) is 0 Å². The summed E-state index contributed by atoms with van der Waals surface area (Å²) in [4.78, 5) is 29.2. The lowest BCUT2D eigenvalue weighted by atomic mass is 10.0. The fraction of sp³-hybridized carbons (Fsp3) is 0.391. The molecule has 2 aromatic rings. The molecule has 1 aliphatic carbocycles. The van der Waals surface area contributed by atoms with Crippen LogP contribution in [0, 0.1) is 0 Å². The second kappa shape index (κ2) is 7.95. The minimum absolute atomic E-state index is 0.0842. The predicted octanol–water partition coefficient (Wildman–Crippen LogP) is 3.49. The molecule has 0 spiro atoms. The molecule has 0 atom stereocenters. The summed E-state index contributed by atoms with van der Waals surface area (Å²) in [5.41, 5.74) is 4.65. The van der Waals surface area contributed by atoms with Gasteiger partial charge in [0.2, 0.25) is 5.91 Å². The SMILES string of the molecule is O=C(CCC(=O)N1CCN(c2ccccc2)CC1)c1ccc2c(c1)CCC2. The number of carbonyl (C=O) groups is 2.